The van der Waals surface area contributed by atoms with Crippen LogP contribution in [0.1, 0.15) is 28.2 Å². The maximum absolute atomic E-state index is 12.5. The largest absolute Gasteiger partial charge is 0.374 e. The second kappa shape index (κ2) is 6.62. The fourth-order valence-corrected chi connectivity index (χ4v) is 4.30. The number of hydrogen-bond acceptors (Lipinski definition) is 6. The highest BCUT2D eigenvalue weighted by Crippen LogP contribution is 2.30. The van der Waals surface area contributed by atoms with E-state index in [1.807, 2.05) is 18.6 Å². The Morgan fingerprint density at radius 2 is 2.46 bits per heavy atom. The number of nitrogens with one attached hydrogen (secondary N) is 1. The summed E-state index contributed by atoms with van der Waals surface area (Å²) in [5, 5.41) is 10.3. The highest BCUT2D eigenvalue weighted by Gasteiger charge is 2.44. The molecule has 0 unspecified atom stereocenters. The Morgan fingerprint density at radius 3 is 3.21 bits per heavy atom. The first-order chi connectivity index (χ1) is 11.7. The van der Waals surface area contributed by atoms with Crippen molar-refractivity contribution in [1.29, 1.82) is 0 Å². The van der Waals surface area contributed by atoms with Gasteiger partial charge in [0.1, 0.15) is 5.01 Å². The van der Waals surface area contributed by atoms with Crippen LogP contribution in [0.2, 0.25) is 0 Å². The first-order valence-electron chi connectivity index (χ1n) is 8.24. The monoisotopic (exact) mass is 347 g/mol. The molecule has 0 aliphatic carbocycles. The van der Waals surface area contributed by atoms with E-state index in [2.05, 4.69) is 20.3 Å². The van der Waals surface area contributed by atoms with Crippen molar-refractivity contribution in [3.05, 3.63) is 34.5 Å². The van der Waals surface area contributed by atoms with E-state index in [1.165, 1.54) is 0 Å². The fourth-order valence-electron chi connectivity index (χ4n) is 3.66. The number of fused-ring (bicyclic) bond motifs is 1. The average molecular weight is 347 g/mol. The summed E-state index contributed by atoms with van der Waals surface area (Å²) < 4.78 is 7.65. The minimum Gasteiger partial charge on any atom is -0.374 e. The molecule has 128 valence electrons. The molecule has 24 heavy (non-hydrogen) atoms. The Kier molecular flexibility index (Phi) is 4.34. The molecule has 0 bridgehead atoms. The number of thiazole rings is 1. The van der Waals surface area contributed by atoms with Gasteiger partial charge in [-0.1, -0.05) is 0 Å². The number of rotatable bonds is 4. The van der Waals surface area contributed by atoms with Crippen molar-refractivity contribution in [2.75, 3.05) is 13.2 Å². The number of ether oxygens (including phenoxy) is 1. The summed E-state index contributed by atoms with van der Waals surface area (Å²) in [6.45, 7) is 2.38. The van der Waals surface area contributed by atoms with E-state index in [-0.39, 0.29) is 18.1 Å². The first-order valence-corrected chi connectivity index (χ1v) is 9.12. The minimum absolute atomic E-state index is 0.00275. The fraction of sp³-hybridized carbons (Fsp3) is 0.562. The van der Waals surface area contributed by atoms with Crippen LogP contribution in [0.4, 0.5) is 0 Å². The molecule has 3 atom stereocenters. The lowest BCUT2D eigenvalue weighted by Crippen LogP contribution is -2.47. The molecule has 2 aliphatic rings. The zero-order chi connectivity index (χ0) is 16.5. The van der Waals surface area contributed by atoms with Crippen molar-refractivity contribution in [2.24, 2.45) is 7.05 Å². The minimum atomic E-state index is -0.0860. The van der Waals surface area contributed by atoms with Gasteiger partial charge in [-0.3, -0.25) is 14.4 Å². The number of amides is 1. The molecule has 4 rings (SSSR count). The highest BCUT2D eigenvalue weighted by atomic mass is 32.1. The molecule has 1 N–H and O–H groups in total. The third-order valence-corrected chi connectivity index (χ3v) is 5.50. The first kappa shape index (κ1) is 15.7. The van der Waals surface area contributed by atoms with E-state index in [0.29, 0.717) is 11.6 Å². The molecule has 2 aliphatic heterocycles. The summed E-state index contributed by atoms with van der Waals surface area (Å²) in [4.78, 5) is 19.3. The zero-order valence-corrected chi connectivity index (χ0v) is 14.4. The zero-order valence-electron chi connectivity index (χ0n) is 13.6. The van der Waals surface area contributed by atoms with E-state index in [9.17, 15) is 4.79 Å². The second-order valence-electron chi connectivity index (χ2n) is 6.38. The lowest BCUT2D eigenvalue weighted by molar-refractivity contribution is -0.0211. The topological polar surface area (TPSA) is 72.3 Å². The molecule has 0 spiro atoms. The highest BCUT2D eigenvalue weighted by molar-refractivity contribution is 7.09. The van der Waals surface area contributed by atoms with Crippen LogP contribution in [-0.2, 0) is 18.3 Å². The SMILES string of the molecule is Cn1cc(C(=O)N[C@@H]2CN(Cc3nccs3)[C@H]3CCCO[C@@H]23)cn1. The van der Waals surface area contributed by atoms with Crippen molar-refractivity contribution >= 4 is 17.2 Å². The summed E-state index contributed by atoms with van der Waals surface area (Å²) in [5.41, 5.74) is 0.586. The van der Waals surface area contributed by atoms with E-state index < -0.39 is 0 Å². The van der Waals surface area contributed by atoms with Gasteiger partial charge in [-0.05, 0) is 12.8 Å². The molecule has 7 nitrogen and oxygen atoms in total. The van der Waals surface area contributed by atoms with Crippen LogP contribution in [0.3, 0.4) is 0 Å². The molecular weight excluding hydrogens is 326 g/mol. The maximum atomic E-state index is 12.5. The Balaban J connectivity index is 1.47. The van der Waals surface area contributed by atoms with Gasteiger partial charge >= 0.3 is 0 Å². The standard InChI is InChI=1S/C16H21N5O2S/c1-20-8-11(7-18-20)16(22)19-12-9-21(10-14-17-4-6-24-14)13-3-2-5-23-15(12)13/h4,6-8,12-13,15H,2-3,5,9-10H2,1H3,(H,19,22)/t12-,13+,15+/m1/s1. The van der Waals surface area contributed by atoms with Gasteiger partial charge in [-0.15, -0.1) is 11.3 Å². The van der Waals surface area contributed by atoms with Gasteiger partial charge in [0.25, 0.3) is 5.91 Å². The molecule has 4 heterocycles. The molecule has 2 fully saturated rings. The molecule has 8 heteroatoms. The number of aromatic nitrogens is 3. The lowest BCUT2D eigenvalue weighted by atomic mass is 10.0. The maximum Gasteiger partial charge on any atom is 0.254 e. The number of carbonyl (C=O) groups is 1. The van der Waals surface area contributed by atoms with Crippen LogP contribution < -0.4 is 5.32 Å². The van der Waals surface area contributed by atoms with Crippen LogP contribution in [-0.4, -0.2) is 56.9 Å². The van der Waals surface area contributed by atoms with Gasteiger partial charge in [0, 0.05) is 44.0 Å². The van der Waals surface area contributed by atoms with Gasteiger partial charge in [0.2, 0.25) is 0 Å². The van der Waals surface area contributed by atoms with Gasteiger partial charge < -0.3 is 10.1 Å². The summed E-state index contributed by atoms with van der Waals surface area (Å²) in [6.07, 6.45) is 7.40. The Bertz CT molecular complexity index is 701. The van der Waals surface area contributed by atoms with Gasteiger partial charge in [-0.2, -0.15) is 5.10 Å². The van der Waals surface area contributed by atoms with Crippen LogP contribution >= 0.6 is 11.3 Å². The molecule has 0 saturated carbocycles. The molecular formula is C16H21N5O2S. The molecule has 2 aromatic rings. The van der Waals surface area contributed by atoms with Gasteiger partial charge in [-0.25, -0.2) is 4.98 Å². The molecule has 1 amide bonds. The van der Waals surface area contributed by atoms with E-state index >= 15 is 0 Å². The Labute approximate surface area is 144 Å². The summed E-state index contributed by atoms with van der Waals surface area (Å²) in [7, 11) is 1.81. The van der Waals surface area contributed by atoms with Crippen LogP contribution in [0.15, 0.2) is 24.0 Å². The van der Waals surface area contributed by atoms with Crippen LogP contribution in [0.25, 0.3) is 0 Å². The van der Waals surface area contributed by atoms with Gasteiger partial charge in [0.05, 0.1) is 30.5 Å². The van der Waals surface area contributed by atoms with E-state index in [0.717, 1.165) is 37.5 Å². The van der Waals surface area contributed by atoms with Crippen LogP contribution in [0, 0.1) is 0 Å². The Morgan fingerprint density at radius 1 is 1.54 bits per heavy atom. The van der Waals surface area contributed by atoms with E-state index in [1.54, 1.807) is 28.4 Å². The molecule has 0 radical (unpaired) electrons. The average Bonchev–Trinajstić information content (AvgIpc) is 3.30. The van der Waals surface area contributed by atoms with Crippen molar-refractivity contribution in [2.45, 2.75) is 37.6 Å². The third kappa shape index (κ3) is 3.09. The summed E-state index contributed by atoms with van der Waals surface area (Å²) in [6, 6.07) is 0.352. The van der Waals surface area contributed by atoms with Crippen molar-refractivity contribution < 1.29 is 9.53 Å². The quantitative estimate of drug-likeness (QED) is 0.895. The van der Waals surface area contributed by atoms with Crippen molar-refractivity contribution in [3.63, 3.8) is 0 Å². The van der Waals surface area contributed by atoms with Gasteiger partial charge in [0.15, 0.2) is 0 Å². The van der Waals surface area contributed by atoms with E-state index in [4.69, 9.17) is 4.74 Å². The molecule has 2 saturated heterocycles. The van der Waals surface area contributed by atoms with Crippen LogP contribution in [0.5, 0.6) is 0 Å². The molecule has 2 aromatic heterocycles. The number of carbonyl (C=O) groups excluding carboxylic acids is 1. The predicted octanol–water partition coefficient (Wildman–Crippen LogP) is 1.04. The summed E-state index contributed by atoms with van der Waals surface area (Å²) >= 11 is 1.67. The normalized spacial score (nSPS) is 27.1. The number of aryl methyl sites for hydroxylation is 1. The number of nitrogens with zero attached hydrogens (tertiary/aromatic N) is 4. The smallest absolute Gasteiger partial charge is 0.254 e. The van der Waals surface area contributed by atoms with Crippen molar-refractivity contribution in [1.82, 2.24) is 25.0 Å². The summed E-state index contributed by atoms with van der Waals surface area (Å²) in [5.74, 6) is -0.0860. The lowest BCUT2D eigenvalue weighted by Gasteiger charge is -2.32. The van der Waals surface area contributed by atoms with Crippen molar-refractivity contribution in [3.8, 4) is 0 Å². The number of likely N-dealkylation sites (tertiary alicyclic amines) is 1. The molecule has 0 aromatic carbocycles. The second-order valence-corrected chi connectivity index (χ2v) is 7.36. The Hall–Kier alpha value is -1.77. The third-order valence-electron chi connectivity index (χ3n) is 4.74. The predicted molar refractivity (Wildman–Crippen MR) is 89.7 cm³/mol. The number of hydrogen-bond donors (Lipinski definition) is 1.